The molecule has 0 saturated carbocycles. The van der Waals surface area contributed by atoms with Crippen molar-refractivity contribution in [1.29, 1.82) is 0 Å². The van der Waals surface area contributed by atoms with Gasteiger partial charge in [-0.25, -0.2) is 0 Å². The summed E-state index contributed by atoms with van der Waals surface area (Å²) in [5, 5.41) is 1.19. The Morgan fingerprint density at radius 2 is 1.78 bits per heavy atom. The van der Waals surface area contributed by atoms with Gasteiger partial charge in [0.15, 0.2) is 0 Å². The topological polar surface area (TPSA) is 39.3 Å². The first-order valence-corrected chi connectivity index (χ1v) is 8.94. The summed E-state index contributed by atoms with van der Waals surface area (Å²) in [5.74, 6) is 0. The van der Waals surface area contributed by atoms with Crippen molar-refractivity contribution in [2.75, 3.05) is 37.6 Å². The second-order valence-electron chi connectivity index (χ2n) is 6.82. The van der Waals surface area contributed by atoms with Gasteiger partial charge in [-0.1, -0.05) is 24.6 Å². The zero-order chi connectivity index (χ0) is 15.6. The van der Waals surface area contributed by atoms with E-state index in [1.807, 2.05) is 12.1 Å². The first kappa shape index (κ1) is 14.8. The Morgan fingerprint density at radius 3 is 2.65 bits per heavy atom. The lowest BCUT2D eigenvalue weighted by atomic mass is 9.99. The van der Waals surface area contributed by atoms with Crippen LogP contribution >= 0.6 is 0 Å². The number of benzene rings is 1. The van der Waals surface area contributed by atoms with Crippen LogP contribution in [0.1, 0.15) is 31.2 Å². The average molecular weight is 311 g/mol. The molecule has 2 aliphatic heterocycles. The van der Waals surface area contributed by atoms with Crippen molar-refractivity contribution >= 4 is 16.6 Å². The molecule has 23 heavy (non-hydrogen) atoms. The molecule has 4 rings (SSSR count). The number of aromatic nitrogens is 1. The van der Waals surface area contributed by atoms with Gasteiger partial charge in [0.05, 0.1) is 11.2 Å². The highest BCUT2D eigenvalue weighted by Crippen LogP contribution is 2.31. The van der Waals surface area contributed by atoms with Crippen LogP contribution in [0.4, 0.5) is 5.69 Å². The lowest BCUT2D eigenvalue weighted by Crippen LogP contribution is -2.41. The number of nitrogens with zero attached hydrogens (tertiary/aromatic N) is 2. The van der Waals surface area contributed by atoms with Crippen LogP contribution in [0.25, 0.3) is 10.9 Å². The number of pyridine rings is 1. The van der Waals surface area contributed by atoms with Crippen molar-refractivity contribution in [3.8, 4) is 0 Å². The van der Waals surface area contributed by atoms with E-state index in [-0.39, 0.29) is 5.56 Å². The Morgan fingerprint density at radius 1 is 0.957 bits per heavy atom. The minimum absolute atomic E-state index is 0.0985. The molecule has 2 aliphatic rings. The molecule has 4 nitrogen and oxygen atoms in total. The maximum absolute atomic E-state index is 12.4. The van der Waals surface area contributed by atoms with Gasteiger partial charge >= 0.3 is 0 Å². The number of hydrogen-bond donors (Lipinski definition) is 1. The monoisotopic (exact) mass is 311 g/mol. The minimum atomic E-state index is 0.0985. The van der Waals surface area contributed by atoms with Crippen molar-refractivity contribution in [3.05, 3.63) is 40.2 Å². The van der Waals surface area contributed by atoms with Crippen LogP contribution in [0.3, 0.4) is 0 Å². The SMILES string of the molecule is O=c1[nH]c2ccccc2c2c1CCCN2CCN1CCCCC1. The highest BCUT2D eigenvalue weighted by atomic mass is 16.1. The largest absolute Gasteiger partial charge is 0.369 e. The average Bonchev–Trinajstić information content (AvgIpc) is 2.61. The smallest absolute Gasteiger partial charge is 0.253 e. The Kier molecular flexibility index (Phi) is 4.08. The van der Waals surface area contributed by atoms with Gasteiger partial charge in [0.1, 0.15) is 0 Å². The summed E-state index contributed by atoms with van der Waals surface area (Å²) in [6, 6.07) is 8.21. The van der Waals surface area contributed by atoms with Crippen LogP contribution in [0, 0.1) is 0 Å². The van der Waals surface area contributed by atoms with E-state index in [2.05, 4.69) is 26.9 Å². The molecule has 0 spiro atoms. The third-order valence-electron chi connectivity index (χ3n) is 5.30. The van der Waals surface area contributed by atoms with E-state index in [1.165, 1.54) is 43.4 Å². The van der Waals surface area contributed by atoms with Gasteiger partial charge in [-0.05, 0) is 44.8 Å². The summed E-state index contributed by atoms with van der Waals surface area (Å²) in [6.07, 6.45) is 6.02. The highest BCUT2D eigenvalue weighted by Gasteiger charge is 2.23. The minimum Gasteiger partial charge on any atom is -0.369 e. The number of anilines is 1. The van der Waals surface area contributed by atoms with Crippen LogP contribution in [0.15, 0.2) is 29.1 Å². The summed E-state index contributed by atoms with van der Waals surface area (Å²) in [4.78, 5) is 20.5. The number of H-pyrrole nitrogens is 1. The summed E-state index contributed by atoms with van der Waals surface area (Å²) in [7, 11) is 0. The first-order valence-electron chi connectivity index (χ1n) is 8.94. The quantitative estimate of drug-likeness (QED) is 0.947. The van der Waals surface area contributed by atoms with E-state index in [0.29, 0.717) is 0 Å². The number of fused-ring (bicyclic) bond motifs is 3. The fourth-order valence-corrected chi connectivity index (χ4v) is 4.09. The molecule has 2 aromatic rings. The zero-order valence-electron chi connectivity index (χ0n) is 13.7. The van der Waals surface area contributed by atoms with Gasteiger partial charge in [-0.2, -0.15) is 0 Å². The molecule has 0 radical (unpaired) electrons. The third kappa shape index (κ3) is 2.88. The van der Waals surface area contributed by atoms with Crippen LogP contribution in [0.2, 0.25) is 0 Å². The number of nitrogens with one attached hydrogen (secondary N) is 1. The molecule has 1 N–H and O–H groups in total. The lowest BCUT2D eigenvalue weighted by molar-refractivity contribution is 0.233. The number of hydrogen-bond acceptors (Lipinski definition) is 3. The second-order valence-corrected chi connectivity index (χ2v) is 6.82. The number of aromatic amines is 1. The van der Waals surface area contributed by atoms with Crippen LogP contribution in [-0.4, -0.2) is 42.6 Å². The highest BCUT2D eigenvalue weighted by molar-refractivity contribution is 5.93. The summed E-state index contributed by atoms with van der Waals surface area (Å²) in [5.41, 5.74) is 3.23. The van der Waals surface area contributed by atoms with Crippen molar-refractivity contribution in [2.45, 2.75) is 32.1 Å². The van der Waals surface area contributed by atoms with Crippen LogP contribution < -0.4 is 10.5 Å². The van der Waals surface area contributed by atoms with Gasteiger partial charge in [0.2, 0.25) is 0 Å². The molecule has 0 amide bonds. The molecular formula is C19H25N3O. The molecule has 0 unspecified atom stereocenters. The number of para-hydroxylation sites is 1. The van der Waals surface area contributed by atoms with E-state index in [9.17, 15) is 4.79 Å². The van der Waals surface area contributed by atoms with Gasteiger partial charge < -0.3 is 14.8 Å². The van der Waals surface area contributed by atoms with E-state index < -0.39 is 0 Å². The normalized spacial score (nSPS) is 19.0. The molecule has 1 aromatic heterocycles. The van der Waals surface area contributed by atoms with Crippen molar-refractivity contribution in [1.82, 2.24) is 9.88 Å². The molecule has 1 saturated heterocycles. The molecule has 0 aliphatic carbocycles. The predicted molar refractivity (Wildman–Crippen MR) is 95.4 cm³/mol. The predicted octanol–water partition coefficient (Wildman–Crippen LogP) is 2.77. The fourth-order valence-electron chi connectivity index (χ4n) is 4.09. The van der Waals surface area contributed by atoms with Crippen LogP contribution in [-0.2, 0) is 6.42 Å². The molecule has 0 atom stereocenters. The zero-order valence-corrected chi connectivity index (χ0v) is 13.7. The number of piperidine rings is 1. The van der Waals surface area contributed by atoms with Gasteiger partial charge in [0.25, 0.3) is 5.56 Å². The lowest BCUT2D eigenvalue weighted by Gasteiger charge is -2.35. The van der Waals surface area contributed by atoms with E-state index in [0.717, 1.165) is 43.6 Å². The van der Waals surface area contributed by atoms with Gasteiger partial charge in [-0.3, -0.25) is 4.79 Å². The Hall–Kier alpha value is -1.81. The molecule has 4 heteroatoms. The van der Waals surface area contributed by atoms with Crippen molar-refractivity contribution in [2.24, 2.45) is 0 Å². The third-order valence-corrected chi connectivity index (χ3v) is 5.30. The van der Waals surface area contributed by atoms with Gasteiger partial charge in [-0.15, -0.1) is 0 Å². The maximum Gasteiger partial charge on any atom is 0.253 e. The summed E-state index contributed by atoms with van der Waals surface area (Å²) in [6.45, 7) is 5.67. The molecule has 3 heterocycles. The van der Waals surface area contributed by atoms with E-state index >= 15 is 0 Å². The standard InChI is InChI=1S/C19H25N3O/c23-19-16-8-6-12-22(14-13-21-10-4-1-5-11-21)18(16)15-7-2-3-9-17(15)20-19/h2-3,7,9H,1,4-6,8,10-14H2,(H,20,23). The number of likely N-dealkylation sites (tertiary alicyclic amines) is 1. The molecule has 0 bridgehead atoms. The second kappa shape index (κ2) is 6.36. The van der Waals surface area contributed by atoms with E-state index in [1.54, 1.807) is 0 Å². The Balaban J connectivity index is 1.65. The molecular weight excluding hydrogens is 286 g/mol. The van der Waals surface area contributed by atoms with Gasteiger partial charge in [0, 0.05) is 30.6 Å². The molecule has 1 aromatic carbocycles. The molecule has 122 valence electrons. The molecule has 1 fully saturated rings. The maximum atomic E-state index is 12.4. The number of rotatable bonds is 3. The van der Waals surface area contributed by atoms with Crippen LogP contribution in [0.5, 0.6) is 0 Å². The first-order chi connectivity index (χ1) is 11.3. The van der Waals surface area contributed by atoms with Crippen molar-refractivity contribution in [3.63, 3.8) is 0 Å². The van der Waals surface area contributed by atoms with Crippen molar-refractivity contribution < 1.29 is 0 Å². The Bertz CT molecular complexity index is 746. The summed E-state index contributed by atoms with van der Waals surface area (Å²) >= 11 is 0. The summed E-state index contributed by atoms with van der Waals surface area (Å²) < 4.78 is 0. The Labute approximate surface area is 137 Å². The fraction of sp³-hybridized carbons (Fsp3) is 0.526. The van der Waals surface area contributed by atoms with E-state index in [4.69, 9.17) is 0 Å².